The van der Waals surface area contributed by atoms with Gasteiger partial charge in [0.05, 0.1) is 0 Å². The summed E-state index contributed by atoms with van der Waals surface area (Å²) in [5.41, 5.74) is 0. The highest BCUT2D eigenvalue weighted by Crippen LogP contribution is 2.26. The van der Waals surface area contributed by atoms with Crippen LogP contribution in [0.15, 0.2) is 23.1 Å². The highest BCUT2D eigenvalue weighted by molar-refractivity contribution is 7.99. The van der Waals surface area contributed by atoms with Gasteiger partial charge in [0.25, 0.3) is 0 Å². The zero-order chi connectivity index (χ0) is 17.9. The summed E-state index contributed by atoms with van der Waals surface area (Å²) in [4.78, 5) is 1.90. The number of piperidine rings is 1. The summed E-state index contributed by atoms with van der Waals surface area (Å²) in [7, 11) is -4.03. The summed E-state index contributed by atoms with van der Waals surface area (Å²) >= 11 is 2.01. The van der Waals surface area contributed by atoms with Crippen LogP contribution in [0.3, 0.4) is 0 Å². The second kappa shape index (κ2) is 8.33. The monoisotopic (exact) mass is 390 g/mol. The van der Waals surface area contributed by atoms with Gasteiger partial charge in [-0.15, -0.1) is 0 Å². The van der Waals surface area contributed by atoms with Crippen LogP contribution < -0.4 is 4.72 Å². The van der Waals surface area contributed by atoms with Gasteiger partial charge < -0.3 is 4.90 Å². The molecule has 0 unspecified atom stereocenters. The van der Waals surface area contributed by atoms with Gasteiger partial charge in [-0.25, -0.2) is 21.9 Å². The molecule has 1 N–H and O–H groups in total. The maximum absolute atomic E-state index is 13.7. The molecule has 2 fully saturated rings. The molecule has 25 heavy (non-hydrogen) atoms. The molecule has 0 radical (unpaired) electrons. The van der Waals surface area contributed by atoms with Gasteiger partial charge in [-0.2, -0.15) is 11.8 Å². The first kappa shape index (κ1) is 19.1. The molecule has 0 bridgehead atoms. The van der Waals surface area contributed by atoms with Gasteiger partial charge in [0.15, 0.2) is 0 Å². The molecule has 8 heteroatoms. The van der Waals surface area contributed by atoms with E-state index in [1.807, 2.05) is 11.8 Å². The molecule has 0 aliphatic carbocycles. The van der Waals surface area contributed by atoms with E-state index in [-0.39, 0.29) is 12.5 Å². The predicted molar refractivity (Wildman–Crippen MR) is 96.2 cm³/mol. The first-order chi connectivity index (χ1) is 12.0. The van der Waals surface area contributed by atoms with Crippen molar-refractivity contribution >= 4 is 21.8 Å². The second-order valence-corrected chi connectivity index (χ2v) is 9.71. The SMILES string of the molecule is O=S(=O)(NCC1CCN(C2CCSCC2)CC1)c1cc(F)ccc1F. The third kappa shape index (κ3) is 4.93. The molecule has 3 rings (SSSR count). The van der Waals surface area contributed by atoms with Crippen LogP contribution in [0.5, 0.6) is 0 Å². The Morgan fingerprint density at radius 3 is 2.48 bits per heavy atom. The molecule has 0 aromatic heterocycles. The van der Waals surface area contributed by atoms with Crippen LogP contribution in [0.1, 0.15) is 25.7 Å². The number of benzene rings is 1. The number of nitrogens with zero attached hydrogens (tertiary/aromatic N) is 1. The predicted octanol–water partition coefficient (Wildman–Crippen LogP) is 2.85. The van der Waals surface area contributed by atoms with Crippen molar-refractivity contribution < 1.29 is 17.2 Å². The van der Waals surface area contributed by atoms with Crippen molar-refractivity contribution in [1.29, 1.82) is 0 Å². The average Bonchev–Trinajstić information content (AvgIpc) is 2.63. The summed E-state index contributed by atoms with van der Waals surface area (Å²) in [6.45, 7) is 2.23. The van der Waals surface area contributed by atoms with Crippen LogP contribution >= 0.6 is 11.8 Å². The van der Waals surface area contributed by atoms with Crippen LogP contribution in [0.2, 0.25) is 0 Å². The molecule has 4 nitrogen and oxygen atoms in total. The molecule has 1 aromatic carbocycles. The maximum Gasteiger partial charge on any atom is 0.243 e. The van der Waals surface area contributed by atoms with Crippen LogP contribution in [0.25, 0.3) is 0 Å². The summed E-state index contributed by atoms with van der Waals surface area (Å²) in [5, 5.41) is 0. The van der Waals surface area contributed by atoms with Gasteiger partial charge in [0, 0.05) is 12.6 Å². The summed E-state index contributed by atoms with van der Waals surface area (Å²) < 4.78 is 53.8. The Morgan fingerprint density at radius 2 is 1.80 bits per heavy atom. The zero-order valence-electron chi connectivity index (χ0n) is 14.1. The van der Waals surface area contributed by atoms with E-state index in [1.54, 1.807) is 0 Å². The number of hydrogen-bond donors (Lipinski definition) is 1. The summed E-state index contributed by atoms with van der Waals surface area (Å²) in [5.74, 6) is 0.993. The molecule has 1 aromatic rings. The highest BCUT2D eigenvalue weighted by Gasteiger charge is 2.27. The van der Waals surface area contributed by atoms with Crippen LogP contribution in [0.4, 0.5) is 8.78 Å². The number of likely N-dealkylation sites (tertiary alicyclic amines) is 1. The third-order valence-corrected chi connectivity index (χ3v) is 7.59. The fourth-order valence-corrected chi connectivity index (χ4v) is 5.85. The van der Waals surface area contributed by atoms with E-state index < -0.39 is 26.6 Å². The lowest BCUT2D eigenvalue weighted by molar-refractivity contribution is 0.127. The van der Waals surface area contributed by atoms with Gasteiger partial charge in [0.1, 0.15) is 16.5 Å². The standard InChI is InChI=1S/C17H24F2N2O2S2/c18-14-1-2-16(19)17(11-14)25(22,23)20-12-13-3-7-21(8-4-13)15-5-9-24-10-6-15/h1-2,11,13,15,20H,3-10,12H2. The number of halogens is 2. The lowest BCUT2D eigenvalue weighted by Gasteiger charge is -2.39. The Balaban J connectivity index is 1.51. The lowest BCUT2D eigenvalue weighted by atomic mass is 9.95. The lowest BCUT2D eigenvalue weighted by Crippen LogP contribution is -2.45. The first-order valence-corrected chi connectivity index (χ1v) is 11.4. The summed E-state index contributed by atoms with van der Waals surface area (Å²) in [6, 6.07) is 3.14. The number of sulfonamides is 1. The number of nitrogens with one attached hydrogen (secondary N) is 1. The van der Waals surface area contributed by atoms with Crippen molar-refractivity contribution in [2.75, 3.05) is 31.1 Å². The van der Waals surface area contributed by atoms with Gasteiger partial charge in [0.2, 0.25) is 10.0 Å². The van der Waals surface area contributed by atoms with E-state index >= 15 is 0 Å². The van der Waals surface area contributed by atoms with Crippen molar-refractivity contribution in [1.82, 2.24) is 9.62 Å². The van der Waals surface area contributed by atoms with E-state index in [2.05, 4.69) is 9.62 Å². The molecule has 0 saturated carbocycles. The van der Waals surface area contributed by atoms with Gasteiger partial charge in [-0.05, 0) is 74.4 Å². The molecule has 2 aliphatic rings. The van der Waals surface area contributed by atoms with Crippen molar-refractivity contribution in [2.24, 2.45) is 5.92 Å². The largest absolute Gasteiger partial charge is 0.300 e. The normalized spacial score (nSPS) is 21.5. The van der Waals surface area contributed by atoms with Crippen LogP contribution in [-0.2, 0) is 10.0 Å². The smallest absolute Gasteiger partial charge is 0.243 e. The molecule has 0 spiro atoms. The Hall–Kier alpha value is -0.700. The molecule has 0 amide bonds. The molecule has 140 valence electrons. The van der Waals surface area contributed by atoms with Crippen molar-refractivity contribution in [2.45, 2.75) is 36.6 Å². The van der Waals surface area contributed by atoms with Gasteiger partial charge in [-0.3, -0.25) is 0 Å². The molecular weight excluding hydrogens is 366 g/mol. The minimum absolute atomic E-state index is 0.237. The Bertz CT molecular complexity index is 686. The van der Waals surface area contributed by atoms with E-state index in [0.717, 1.165) is 44.1 Å². The molecular formula is C17H24F2N2O2S2. The number of thioether (sulfide) groups is 1. The van der Waals surface area contributed by atoms with Gasteiger partial charge in [-0.1, -0.05) is 0 Å². The second-order valence-electron chi connectivity index (χ2n) is 6.75. The fourth-order valence-electron chi connectivity index (χ4n) is 3.56. The quantitative estimate of drug-likeness (QED) is 0.840. The maximum atomic E-state index is 13.7. The molecule has 2 heterocycles. The minimum atomic E-state index is -4.03. The number of hydrogen-bond acceptors (Lipinski definition) is 4. The van der Waals surface area contributed by atoms with Crippen molar-refractivity contribution in [3.05, 3.63) is 29.8 Å². The first-order valence-electron chi connectivity index (χ1n) is 8.72. The van der Waals surface area contributed by atoms with Crippen LogP contribution in [-0.4, -0.2) is 50.5 Å². The minimum Gasteiger partial charge on any atom is -0.300 e. The van der Waals surface area contributed by atoms with E-state index in [4.69, 9.17) is 0 Å². The zero-order valence-corrected chi connectivity index (χ0v) is 15.7. The van der Waals surface area contributed by atoms with E-state index in [9.17, 15) is 17.2 Å². The summed E-state index contributed by atoms with van der Waals surface area (Å²) in [6.07, 6.45) is 4.33. The van der Waals surface area contributed by atoms with Gasteiger partial charge >= 0.3 is 0 Å². The van der Waals surface area contributed by atoms with Crippen molar-refractivity contribution in [3.63, 3.8) is 0 Å². The Morgan fingerprint density at radius 1 is 1.12 bits per heavy atom. The van der Waals surface area contributed by atoms with Crippen LogP contribution in [0, 0.1) is 17.6 Å². The van der Waals surface area contributed by atoms with Crippen molar-refractivity contribution in [3.8, 4) is 0 Å². The topological polar surface area (TPSA) is 49.4 Å². The van der Waals surface area contributed by atoms with E-state index in [0.29, 0.717) is 6.04 Å². The van der Waals surface area contributed by atoms with E-state index in [1.165, 1.54) is 24.3 Å². The fraction of sp³-hybridized carbons (Fsp3) is 0.647. The highest BCUT2D eigenvalue weighted by atomic mass is 32.2. The molecule has 2 aliphatic heterocycles. The Labute approximate surface area is 152 Å². The molecule has 2 saturated heterocycles. The average molecular weight is 391 g/mol. The molecule has 0 atom stereocenters. The third-order valence-electron chi connectivity index (χ3n) is 5.10. The number of rotatable bonds is 5. The Kier molecular flexibility index (Phi) is 6.35.